The van der Waals surface area contributed by atoms with Crippen LogP contribution in [0.2, 0.25) is 0 Å². The average Bonchev–Trinajstić information content (AvgIpc) is 2.21. The van der Waals surface area contributed by atoms with Gasteiger partial charge in [-0.2, -0.15) is 0 Å². The molecule has 2 aromatic rings. The first kappa shape index (κ1) is 13.1. The van der Waals surface area contributed by atoms with Crippen LogP contribution in [0.1, 0.15) is 0 Å². The van der Waals surface area contributed by atoms with E-state index in [1.165, 1.54) is 0 Å². The molecule has 14 heavy (non-hydrogen) atoms. The van der Waals surface area contributed by atoms with Crippen molar-refractivity contribution in [3.05, 3.63) is 48.8 Å². The summed E-state index contributed by atoms with van der Waals surface area (Å²) in [6.07, 6.45) is 3.54. The minimum atomic E-state index is 0. The van der Waals surface area contributed by atoms with E-state index in [1.807, 2.05) is 36.4 Å². The van der Waals surface area contributed by atoms with Crippen LogP contribution in [-0.2, 0) is 19.5 Å². The SMILES string of the molecule is [Ru].[SiH4].c1ccc(-c2ccccn2)nc1. The summed E-state index contributed by atoms with van der Waals surface area (Å²) in [4.78, 5) is 8.37. The predicted molar refractivity (Wildman–Crippen MR) is 58.8 cm³/mol. The minimum absolute atomic E-state index is 0. The molecule has 74 valence electrons. The van der Waals surface area contributed by atoms with Crippen LogP contribution in [0, 0.1) is 0 Å². The van der Waals surface area contributed by atoms with Gasteiger partial charge in [-0.3, -0.25) is 9.97 Å². The molecular weight excluding hydrogens is 277 g/mol. The molecule has 0 atom stereocenters. The molecule has 0 N–H and O–H groups in total. The van der Waals surface area contributed by atoms with Crippen molar-refractivity contribution in [2.75, 3.05) is 0 Å². The van der Waals surface area contributed by atoms with Crippen LogP contribution in [-0.4, -0.2) is 20.9 Å². The van der Waals surface area contributed by atoms with E-state index in [-0.39, 0.29) is 30.4 Å². The molecule has 2 rings (SSSR count). The largest absolute Gasteiger partial charge is 0.255 e. The summed E-state index contributed by atoms with van der Waals surface area (Å²) < 4.78 is 0. The van der Waals surface area contributed by atoms with Crippen molar-refractivity contribution in [2.24, 2.45) is 0 Å². The van der Waals surface area contributed by atoms with Gasteiger partial charge >= 0.3 is 0 Å². The van der Waals surface area contributed by atoms with Gasteiger partial charge in [0, 0.05) is 31.9 Å². The van der Waals surface area contributed by atoms with Crippen molar-refractivity contribution >= 4 is 11.0 Å². The normalized spacial score (nSPS) is 8.29. The molecule has 0 saturated carbocycles. The van der Waals surface area contributed by atoms with Crippen molar-refractivity contribution in [3.8, 4) is 11.4 Å². The van der Waals surface area contributed by atoms with Crippen LogP contribution >= 0.6 is 0 Å². The molecule has 0 aromatic carbocycles. The van der Waals surface area contributed by atoms with Gasteiger partial charge in [0.05, 0.1) is 11.4 Å². The number of hydrogen-bond acceptors (Lipinski definition) is 2. The monoisotopic (exact) mass is 290 g/mol. The van der Waals surface area contributed by atoms with Gasteiger partial charge < -0.3 is 0 Å². The zero-order valence-electron chi connectivity index (χ0n) is 6.87. The number of pyridine rings is 2. The fraction of sp³-hybridized carbons (Fsp3) is 0. The van der Waals surface area contributed by atoms with Gasteiger partial charge in [-0.05, 0) is 35.2 Å². The summed E-state index contributed by atoms with van der Waals surface area (Å²) in [6.45, 7) is 0. The second-order valence-electron chi connectivity index (χ2n) is 2.43. The van der Waals surface area contributed by atoms with Gasteiger partial charge in [-0.25, -0.2) is 0 Å². The van der Waals surface area contributed by atoms with E-state index in [0.29, 0.717) is 0 Å². The van der Waals surface area contributed by atoms with E-state index in [0.717, 1.165) is 11.4 Å². The molecule has 0 bridgehead atoms. The molecule has 0 spiro atoms. The molecule has 0 amide bonds. The van der Waals surface area contributed by atoms with Crippen molar-refractivity contribution < 1.29 is 19.5 Å². The van der Waals surface area contributed by atoms with E-state index in [4.69, 9.17) is 0 Å². The van der Waals surface area contributed by atoms with E-state index in [1.54, 1.807) is 12.4 Å². The van der Waals surface area contributed by atoms with E-state index >= 15 is 0 Å². The van der Waals surface area contributed by atoms with Gasteiger partial charge in [0.1, 0.15) is 0 Å². The van der Waals surface area contributed by atoms with Gasteiger partial charge in [0.2, 0.25) is 0 Å². The Morgan fingerprint density at radius 3 is 1.43 bits per heavy atom. The molecule has 0 aliphatic rings. The molecule has 0 aliphatic carbocycles. The van der Waals surface area contributed by atoms with E-state index in [2.05, 4.69) is 9.97 Å². The van der Waals surface area contributed by atoms with E-state index < -0.39 is 0 Å². The summed E-state index contributed by atoms with van der Waals surface area (Å²) in [5.41, 5.74) is 1.83. The second kappa shape index (κ2) is 6.57. The first-order valence-electron chi connectivity index (χ1n) is 3.79. The molecule has 2 nitrogen and oxygen atoms in total. The quantitative estimate of drug-likeness (QED) is 0.722. The summed E-state index contributed by atoms with van der Waals surface area (Å²) in [5.74, 6) is 0. The number of rotatable bonds is 1. The molecule has 0 unspecified atom stereocenters. The maximum absolute atomic E-state index is 4.19. The molecule has 2 aromatic heterocycles. The summed E-state index contributed by atoms with van der Waals surface area (Å²) in [5, 5.41) is 0. The minimum Gasteiger partial charge on any atom is -0.255 e. The Hall–Kier alpha value is -0.860. The molecule has 0 aliphatic heterocycles. The van der Waals surface area contributed by atoms with Gasteiger partial charge in [-0.1, -0.05) is 12.1 Å². The molecular formula is C10H12N2RuSi. The van der Waals surface area contributed by atoms with Crippen molar-refractivity contribution in [1.82, 2.24) is 9.97 Å². The molecule has 0 fully saturated rings. The Bertz CT molecular complexity index is 316. The van der Waals surface area contributed by atoms with Crippen LogP contribution in [0.15, 0.2) is 48.8 Å². The van der Waals surface area contributed by atoms with E-state index in [9.17, 15) is 0 Å². The van der Waals surface area contributed by atoms with Crippen molar-refractivity contribution in [1.29, 1.82) is 0 Å². The van der Waals surface area contributed by atoms with Crippen LogP contribution < -0.4 is 0 Å². The second-order valence-corrected chi connectivity index (χ2v) is 2.43. The Kier molecular flexibility index (Phi) is 6.17. The Morgan fingerprint density at radius 1 is 0.714 bits per heavy atom. The smallest absolute Gasteiger partial charge is 0.0886 e. The number of aromatic nitrogens is 2. The topological polar surface area (TPSA) is 25.8 Å². The Balaban J connectivity index is 0.000000845. The van der Waals surface area contributed by atoms with Crippen LogP contribution in [0.25, 0.3) is 11.4 Å². The third-order valence-corrected chi connectivity index (χ3v) is 1.59. The van der Waals surface area contributed by atoms with Crippen LogP contribution in [0.4, 0.5) is 0 Å². The zero-order chi connectivity index (χ0) is 8.23. The third kappa shape index (κ3) is 3.13. The van der Waals surface area contributed by atoms with Gasteiger partial charge in [0.25, 0.3) is 0 Å². The molecule has 4 heteroatoms. The standard InChI is InChI=1S/C10H8N2.Ru.H4Si/c1-3-7-11-9(5-1)10-6-2-4-8-12-10;;/h1-8H;;1H4. The first-order valence-corrected chi connectivity index (χ1v) is 3.79. The summed E-state index contributed by atoms with van der Waals surface area (Å²) in [7, 11) is 0. The zero-order valence-corrected chi connectivity index (χ0v) is 8.60. The fourth-order valence-electron chi connectivity index (χ4n) is 1.03. The molecule has 0 saturated heterocycles. The molecule has 0 radical (unpaired) electrons. The van der Waals surface area contributed by atoms with Gasteiger partial charge in [0.15, 0.2) is 0 Å². The Labute approximate surface area is 101 Å². The summed E-state index contributed by atoms with van der Waals surface area (Å²) in [6, 6.07) is 11.6. The number of hydrogen-bond donors (Lipinski definition) is 0. The van der Waals surface area contributed by atoms with Crippen LogP contribution in [0.5, 0.6) is 0 Å². The summed E-state index contributed by atoms with van der Waals surface area (Å²) >= 11 is 0. The van der Waals surface area contributed by atoms with Gasteiger partial charge in [-0.15, -0.1) is 0 Å². The molecule has 2 heterocycles. The number of nitrogens with zero attached hydrogens (tertiary/aromatic N) is 2. The maximum Gasteiger partial charge on any atom is 0.0886 e. The van der Waals surface area contributed by atoms with Crippen molar-refractivity contribution in [2.45, 2.75) is 0 Å². The predicted octanol–water partition coefficient (Wildman–Crippen LogP) is 0.689. The fourth-order valence-corrected chi connectivity index (χ4v) is 1.03. The van der Waals surface area contributed by atoms with Crippen molar-refractivity contribution in [3.63, 3.8) is 0 Å². The average molecular weight is 289 g/mol. The maximum atomic E-state index is 4.19. The Morgan fingerprint density at radius 2 is 1.14 bits per heavy atom. The third-order valence-electron chi connectivity index (χ3n) is 1.59. The first-order chi connectivity index (χ1) is 5.97. The van der Waals surface area contributed by atoms with Crippen LogP contribution in [0.3, 0.4) is 0 Å².